The van der Waals surface area contributed by atoms with Crippen LogP contribution in [0.5, 0.6) is 0 Å². The number of nitrogens with one attached hydrogen (secondary N) is 2. The summed E-state index contributed by atoms with van der Waals surface area (Å²) in [7, 11) is 0. The number of aromatic nitrogens is 2. The van der Waals surface area contributed by atoms with E-state index in [1.54, 1.807) is 0 Å². The molecule has 0 unspecified atom stereocenters. The minimum Gasteiger partial charge on any atom is -0.869 e. The van der Waals surface area contributed by atoms with Crippen molar-refractivity contribution in [2.75, 3.05) is 0 Å². The Morgan fingerprint density at radius 1 is 0.692 bits per heavy atom. The third-order valence-electron chi connectivity index (χ3n) is 2.98. The molecule has 0 saturated heterocycles. The van der Waals surface area contributed by atoms with Crippen LogP contribution < -0.4 is 20.2 Å². The van der Waals surface area contributed by atoms with E-state index in [4.69, 9.17) is 23.2 Å². The summed E-state index contributed by atoms with van der Waals surface area (Å²) in [5.41, 5.74) is 2.58. The fourth-order valence-corrected chi connectivity index (χ4v) is 1.89. The minimum absolute atomic E-state index is 0.894. The monoisotopic (exact) mass is 394 g/mol. The summed E-state index contributed by atoms with van der Waals surface area (Å²) in [5.74, 6) is -4.92. The normalized spacial score (nSPS) is 13.5. The lowest BCUT2D eigenvalue weighted by Crippen LogP contribution is -2.31. The van der Waals surface area contributed by atoms with Crippen LogP contribution in [0, 0.1) is 13.8 Å². The Balaban J connectivity index is 0.000000207. The molecule has 26 heavy (non-hydrogen) atoms. The smallest absolute Gasteiger partial charge is 0.190 e. The Morgan fingerprint density at radius 3 is 1.15 bits per heavy atom. The van der Waals surface area contributed by atoms with Gasteiger partial charge in [-0.1, -0.05) is 23.2 Å². The van der Waals surface area contributed by atoms with Gasteiger partial charge >= 0.3 is 0 Å². The van der Waals surface area contributed by atoms with Crippen LogP contribution in [0.1, 0.15) is 11.1 Å². The Morgan fingerprint density at radius 2 is 0.962 bits per heavy atom. The molecule has 3 rings (SSSR count). The summed E-state index contributed by atoms with van der Waals surface area (Å²) in [5, 5.41) is 19.6. The molecule has 2 heterocycles. The van der Waals surface area contributed by atoms with E-state index in [1.807, 2.05) is 49.1 Å². The lowest BCUT2D eigenvalue weighted by molar-refractivity contribution is -0.378. The van der Waals surface area contributed by atoms with Crippen LogP contribution in [0.4, 0.5) is 0 Å². The number of allylic oxidation sites excluding steroid dienone is 2. The summed E-state index contributed by atoms with van der Waals surface area (Å²) in [6.45, 7) is 4.13. The molecule has 0 saturated carbocycles. The Hall–Kier alpha value is -2.70. The molecule has 6 nitrogen and oxygen atoms in total. The van der Waals surface area contributed by atoms with E-state index in [9.17, 15) is 19.8 Å². The van der Waals surface area contributed by atoms with Crippen molar-refractivity contribution in [2.24, 2.45) is 0 Å². The predicted molar refractivity (Wildman–Crippen MR) is 91.2 cm³/mol. The van der Waals surface area contributed by atoms with E-state index in [1.165, 1.54) is 11.1 Å². The lowest BCUT2D eigenvalue weighted by Gasteiger charge is -2.23. The van der Waals surface area contributed by atoms with Gasteiger partial charge in [0.1, 0.15) is 0 Å². The summed E-state index contributed by atoms with van der Waals surface area (Å²) < 4.78 is 0. The second-order valence-electron chi connectivity index (χ2n) is 5.10. The number of H-pyrrole nitrogens is 2. The second-order valence-corrected chi connectivity index (χ2v) is 5.86. The first-order chi connectivity index (χ1) is 12.3. The predicted octanol–water partition coefficient (Wildman–Crippen LogP) is 0.378. The van der Waals surface area contributed by atoms with Crippen molar-refractivity contribution in [3.8, 4) is 0 Å². The molecular formula is C18H16Cl2N2O4. The minimum atomic E-state index is -1.23. The number of ketones is 2. The van der Waals surface area contributed by atoms with Crippen LogP contribution in [0.15, 0.2) is 70.6 Å². The molecule has 0 aromatic carbocycles. The molecule has 0 radical (unpaired) electrons. The third-order valence-corrected chi connectivity index (χ3v) is 3.67. The number of carbonyl (C=O) groups excluding carboxylic acids is 2. The average Bonchev–Trinajstić information content (AvgIpc) is 2.65. The lowest BCUT2D eigenvalue weighted by atomic mass is 10.1. The van der Waals surface area contributed by atoms with Crippen molar-refractivity contribution < 1.29 is 29.8 Å². The van der Waals surface area contributed by atoms with E-state index in [0.717, 1.165) is 0 Å². The van der Waals surface area contributed by atoms with E-state index >= 15 is 0 Å². The first kappa shape index (κ1) is 21.3. The van der Waals surface area contributed by atoms with E-state index in [2.05, 4.69) is 23.8 Å². The van der Waals surface area contributed by atoms with Gasteiger partial charge in [-0.3, -0.25) is 9.59 Å². The molecule has 1 aliphatic carbocycles. The second kappa shape index (κ2) is 10.3. The molecule has 0 aliphatic heterocycles. The van der Waals surface area contributed by atoms with E-state index < -0.39 is 33.1 Å². The molecule has 0 atom stereocenters. The van der Waals surface area contributed by atoms with Gasteiger partial charge in [-0.05, 0) is 36.5 Å². The van der Waals surface area contributed by atoms with Gasteiger partial charge in [-0.25, -0.2) is 9.97 Å². The molecule has 8 heteroatoms. The Kier molecular flexibility index (Phi) is 8.48. The highest BCUT2D eigenvalue weighted by atomic mass is 35.5. The van der Waals surface area contributed by atoms with Crippen molar-refractivity contribution >= 4 is 34.8 Å². The standard InChI is InChI=1S/C6H2Cl2O4.2C6H7N/c7-1-3(9)5(11)2(8)6(12)4(1)10;2*1-6-2-4-7-5-3-6/h9,12H;2*2-5H,1H3. The molecule has 0 fully saturated rings. The number of carbonyl (C=O) groups is 2. The van der Waals surface area contributed by atoms with Gasteiger partial charge in [-0.15, -0.1) is 0 Å². The van der Waals surface area contributed by atoms with Gasteiger partial charge < -0.3 is 10.2 Å². The molecular weight excluding hydrogens is 379 g/mol. The van der Waals surface area contributed by atoms with Crippen LogP contribution in [0.3, 0.4) is 0 Å². The topological polar surface area (TPSA) is 109 Å². The van der Waals surface area contributed by atoms with Gasteiger partial charge in [-0.2, -0.15) is 0 Å². The van der Waals surface area contributed by atoms with Crippen molar-refractivity contribution in [3.05, 3.63) is 81.8 Å². The maximum Gasteiger partial charge on any atom is 0.190 e. The first-order valence-corrected chi connectivity index (χ1v) is 8.09. The van der Waals surface area contributed by atoms with Gasteiger partial charge in [0, 0.05) is 24.3 Å². The zero-order chi connectivity index (χ0) is 19.7. The molecule has 2 aromatic rings. The molecule has 136 valence electrons. The molecule has 2 N–H and O–H groups in total. The van der Waals surface area contributed by atoms with Crippen LogP contribution in [0.25, 0.3) is 0 Å². The van der Waals surface area contributed by atoms with Gasteiger partial charge in [0.25, 0.3) is 0 Å². The summed E-state index contributed by atoms with van der Waals surface area (Å²) in [6, 6.07) is 8.11. The molecule has 2 aromatic heterocycles. The average molecular weight is 395 g/mol. The zero-order valence-electron chi connectivity index (χ0n) is 14.0. The summed E-state index contributed by atoms with van der Waals surface area (Å²) in [4.78, 5) is 27.3. The highest BCUT2D eigenvalue weighted by Gasteiger charge is 2.22. The van der Waals surface area contributed by atoms with Crippen LogP contribution in [-0.4, -0.2) is 11.6 Å². The van der Waals surface area contributed by atoms with Crippen molar-refractivity contribution in [1.82, 2.24) is 0 Å². The fourth-order valence-electron chi connectivity index (χ4n) is 1.55. The van der Waals surface area contributed by atoms with Crippen LogP contribution in [0.2, 0.25) is 0 Å². The summed E-state index contributed by atoms with van der Waals surface area (Å²) in [6.07, 6.45) is 7.65. The van der Waals surface area contributed by atoms with E-state index in [-0.39, 0.29) is 0 Å². The van der Waals surface area contributed by atoms with Crippen molar-refractivity contribution in [3.63, 3.8) is 0 Å². The number of hydrogen-bond acceptors (Lipinski definition) is 4. The number of halogens is 2. The number of aromatic amines is 2. The van der Waals surface area contributed by atoms with Crippen molar-refractivity contribution in [1.29, 1.82) is 0 Å². The number of Topliss-reactive ketones (excluding diaryl/α,β-unsaturated/α-hetero) is 2. The Bertz CT molecular complexity index is 735. The highest BCUT2D eigenvalue weighted by molar-refractivity contribution is 6.55. The number of aryl methyl sites for hydroxylation is 2. The van der Waals surface area contributed by atoms with Gasteiger partial charge in [0.15, 0.2) is 36.4 Å². The fraction of sp³-hybridized carbons (Fsp3) is 0.111. The SMILES string of the molecule is Cc1cc[nH+]cc1.Cc1cc[nH+]cc1.O=C1C([O-])=C(Cl)C(=O)C([O-])=C1Cl. The number of rotatable bonds is 0. The van der Waals surface area contributed by atoms with Gasteiger partial charge in [0.2, 0.25) is 0 Å². The maximum atomic E-state index is 10.7. The maximum absolute atomic E-state index is 10.7. The largest absolute Gasteiger partial charge is 0.869 e. The molecule has 0 spiro atoms. The molecule has 1 aliphatic rings. The quantitative estimate of drug-likeness (QED) is 0.601. The van der Waals surface area contributed by atoms with E-state index in [0.29, 0.717) is 0 Å². The first-order valence-electron chi connectivity index (χ1n) is 7.34. The molecule has 0 bridgehead atoms. The number of hydrogen-bond donors (Lipinski definition) is 0. The zero-order valence-corrected chi connectivity index (χ0v) is 15.5. The van der Waals surface area contributed by atoms with Gasteiger partial charge in [0.05, 0.1) is 10.1 Å². The van der Waals surface area contributed by atoms with Crippen molar-refractivity contribution in [2.45, 2.75) is 13.8 Å². The third kappa shape index (κ3) is 6.31. The van der Waals surface area contributed by atoms with Crippen LogP contribution >= 0.6 is 23.2 Å². The Labute approximate surface area is 160 Å². The molecule has 0 amide bonds. The van der Waals surface area contributed by atoms with Crippen LogP contribution in [-0.2, 0) is 9.59 Å². The number of pyridine rings is 2. The summed E-state index contributed by atoms with van der Waals surface area (Å²) >= 11 is 10.2. The highest BCUT2D eigenvalue weighted by Crippen LogP contribution is 2.23.